The van der Waals surface area contributed by atoms with Gasteiger partial charge in [-0.15, -0.1) is 0 Å². The Labute approximate surface area is 216 Å². The lowest BCUT2D eigenvalue weighted by Gasteiger charge is -2.11. The van der Waals surface area contributed by atoms with Crippen LogP contribution in [0.2, 0.25) is 0 Å². The highest BCUT2D eigenvalue weighted by Gasteiger charge is 2.16. The first-order valence-electron chi connectivity index (χ1n) is 11.8. The molecular formula is C31H21BrN4. The molecule has 0 aliphatic carbocycles. The van der Waals surface area contributed by atoms with Gasteiger partial charge in [0.25, 0.3) is 0 Å². The molecule has 0 saturated heterocycles. The van der Waals surface area contributed by atoms with Crippen LogP contribution in [0.4, 0.5) is 0 Å². The SMILES string of the molecule is Cn1c(-c2ccc3c4cc(Br)ccc4n(-c4cccc(-c5ccccn5)c4)c3c2)nc2ccccc21. The van der Waals surface area contributed by atoms with Gasteiger partial charge in [0.05, 0.1) is 27.8 Å². The third-order valence-electron chi connectivity index (χ3n) is 6.84. The largest absolute Gasteiger partial charge is 0.327 e. The quantitative estimate of drug-likeness (QED) is 0.232. The summed E-state index contributed by atoms with van der Waals surface area (Å²) in [5, 5.41) is 2.41. The van der Waals surface area contributed by atoms with Gasteiger partial charge in [-0.05, 0) is 60.7 Å². The van der Waals surface area contributed by atoms with Gasteiger partial charge in [-0.2, -0.15) is 0 Å². The first-order chi connectivity index (χ1) is 17.7. The number of hydrogen-bond acceptors (Lipinski definition) is 2. The van der Waals surface area contributed by atoms with Crippen molar-refractivity contribution in [2.24, 2.45) is 7.05 Å². The Bertz CT molecular complexity index is 1910. The van der Waals surface area contributed by atoms with E-state index in [4.69, 9.17) is 4.98 Å². The summed E-state index contributed by atoms with van der Waals surface area (Å²) in [4.78, 5) is 9.52. The number of nitrogens with zero attached hydrogens (tertiary/aromatic N) is 4. The minimum absolute atomic E-state index is 0.957. The molecule has 0 spiro atoms. The summed E-state index contributed by atoms with van der Waals surface area (Å²) in [6, 6.07) is 36.0. The molecule has 0 fully saturated rings. The van der Waals surface area contributed by atoms with Crippen LogP contribution in [0.3, 0.4) is 0 Å². The fourth-order valence-corrected chi connectivity index (χ4v) is 5.51. The highest BCUT2D eigenvalue weighted by Crippen LogP contribution is 2.37. The van der Waals surface area contributed by atoms with Crippen LogP contribution in [0, 0.1) is 0 Å². The second kappa shape index (κ2) is 8.18. The van der Waals surface area contributed by atoms with E-state index in [1.165, 1.54) is 10.8 Å². The van der Waals surface area contributed by atoms with Gasteiger partial charge >= 0.3 is 0 Å². The summed E-state index contributed by atoms with van der Waals surface area (Å²) in [6.07, 6.45) is 1.84. The number of rotatable bonds is 3. The molecule has 4 aromatic carbocycles. The van der Waals surface area contributed by atoms with Crippen LogP contribution in [-0.2, 0) is 7.05 Å². The molecule has 0 unspecified atom stereocenters. The third kappa shape index (κ3) is 3.28. The number of pyridine rings is 1. The summed E-state index contributed by atoms with van der Waals surface area (Å²) in [5.41, 5.74) is 8.67. The second-order valence-corrected chi connectivity index (χ2v) is 9.89. The monoisotopic (exact) mass is 528 g/mol. The van der Waals surface area contributed by atoms with E-state index in [0.717, 1.165) is 54.9 Å². The first kappa shape index (κ1) is 21.1. The normalized spacial score (nSPS) is 11.6. The predicted molar refractivity (Wildman–Crippen MR) is 151 cm³/mol. The van der Waals surface area contributed by atoms with Crippen LogP contribution in [0.25, 0.3) is 61.2 Å². The van der Waals surface area contributed by atoms with Crippen molar-refractivity contribution in [1.82, 2.24) is 19.1 Å². The van der Waals surface area contributed by atoms with Crippen molar-refractivity contribution in [2.75, 3.05) is 0 Å². The molecular weight excluding hydrogens is 508 g/mol. The summed E-state index contributed by atoms with van der Waals surface area (Å²) in [6.45, 7) is 0. The van der Waals surface area contributed by atoms with E-state index in [-0.39, 0.29) is 0 Å². The van der Waals surface area contributed by atoms with E-state index in [1.807, 2.05) is 30.5 Å². The van der Waals surface area contributed by atoms with Crippen molar-refractivity contribution in [1.29, 1.82) is 0 Å². The number of hydrogen-bond donors (Lipinski definition) is 0. The summed E-state index contributed by atoms with van der Waals surface area (Å²) in [7, 11) is 2.08. The lowest BCUT2D eigenvalue weighted by molar-refractivity contribution is 0.959. The lowest BCUT2D eigenvalue weighted by atomic mass is 10.1. The van der Waals surface area contributed by atoms with Gasteiger partial charge in [-0.1, -0.05) is 58.4 Å². The van der Waals surface area contributed by atoms with Crippen molar-refractivity contribution < 1.29 is 0 Å². The van der Waals surface area contributed by atoms with E-state index in [0.29, 0.717) is 0 Å². The summed E-state index contributed by atoms with van der Waals surface area (Å²) in [5.74, 6) is 0.957. The van der Waals surface area contributed by atoms with Gasteiger partial charge in [-0.3, -0.25) is 4.98 Å². The zero-order valence-electron chi connectivity index (χ0n) is 19.6. The van der Waals surface area contributed by atoms with Crippen molar-refractivity contribution in [2.45, 2.75) is 0 Å². The van der Waals surface area contributed by atoms with Gasteiger partial charge < -0.3 is 9.13 Å². The van der Waals surface area contributed by atoms with Crippen LogP contribution < -0.4 is 0 Å². The zero-order valence-corrected chi connectivity index (χ0v) is 21.1. The second-order valence-electron chi connectivity index (χ2n) is 8.98. The number of aryl methyl sites for hydroxylation is 1. The maximum absolute atomic E-state index is 4.95. The van der Waals surface area contributed by atoms with Crippen LogP contribution in [-0.4, -0.2) is 19.1 Å². The highest BCUT2D eigenvalue weighted by atomic mass is 79.9. The maximum atomic E-state index is 4.95. The topological polar surface area (TPSA) is 35.6 Å². The molecule has 0 saturated carbocycles. The molecule has 0 amide bonds. The standard InChI is InChI=1S/C31H21BrN4/c1-35-29-11-3-2-10-27(29)34-31(35)21-12-14-24-25-19-22(32)13-15-28(25)36(30(24)18-21)23-8-6-7-20(17-23)26-9-4-5-16-33-26/h2-19H,1H3. The van der Waals surface area contributed by atoms with Gasteiger partial charge in [0.2, 0.25) is 0 Å². The van der Waals surface area contributed by atoms with Crippen molar-refractivity contribution in [3.8, 4) is 28.3 Å². The molecule has 5 heteroatoms. The number of aromatic nitrogens is 4. The molecule has 0 bridgehead atoms. The molecule has 3 heterocycles. The lowest BCUT2D eigenvalue weighted by Crippen LogP contribution is -1.96. The third-order valence-corrected chi connectivity index (χ3v) is 7.33. The first-order valence-corrected chi connectivity index (χ1v) is 12.6. The van der Waals surface area contributed by atoms with Gasteiger partial charge in [-0.25, -0.2) is 4.98 Å². The Morgan fingerprint density at radius 1 is 0.667 bits per heavy atom. The Kier molecular flexibility index (Phi) is 4.79. The predicted octanol–water partition coefficient (Wildman–Crippen LogP) is 8.16. The molecule has 0 N–H and O–H groups in total. The van der Waals surface area contributed by atoms with Crippen molar-refractivity contribution in [3.05, 3.63) is 114 Å². The summed E-state index contributed by atoms with van der Waals surface area (Å²) >= 11 is 3.68. The smallest absolute Gasteiger partial charge is 0.140 e. The fourth-order valence-electron chi connectivity index (χ4n) is 5.15. The van der Waals surface area contributed by atoms with E-state index in [1.54, 1.807) is 0 Å². The van der Waals surface area contributed by atoms with Crippen LogP contribution in [0.5, 0.6) is 0 Å². The Morgan fingerprint density at radius 3 is 2.42 bits per heavy atom. The van der Waals surface area contributed by atoms with Gasteiger partial charge in [0.15, 0.2) is 0 Å². The van der Waals surface area contributed by atoms with Gasteiger partial charge in [0.1, 0.15) is 5.82 Å². The Morgan fingerprint density at radius 2 is 1.56 bits per heavy atom. The van der Waals surface area contributed by atoms with Crippen LogP contribution >= 0.6 is 15.9 Å². The highest BCUT2D eigenvalue weighted by molar-refractivity contribution is 9.10. The molecule has 7 aromatic rings. The molecule has 172 valence electrons. The van der Waals surface area contributed by atoms with Crippen LogP contribution in [0.1, 0.15) is 0 Å². The van der Waals surface area contributed by atoms with E-state index >= 15 is 0 Å². The Hall–Kier alpha value is -4.22. The number of fused-ring (bicyclic) bond motifs is 4. The number of halogens is 1. The molecule has 36 heavy (non-hydrogen) atoms. The van der Waals surface area contributed by atoms with Gasteiger partial charge in [0, 0.05) is 45.3 Å². The molecule has 0 aliphatic heterocycles. The fraction of sp³-hybridized carbons (Fsp3) is 0.0323. The van der Waals surface area contributed by atoms with E-state index < -0.39 is 0 Å². The van der Waals surface area contributed by atoms with E-state index in [2.05, 4.69) is 116 Å². The number of para-hydroxylation sites is 2. The van der Waals surface area contributed by atoms with Crippen LogP contribution in [0.15, 0.2) is 114 Å². The average molecular weight is 529 g/mol. The molecule has 4 nitrogen and oxygen atoms in total. The van der Waals surface area contributed by atoms with Crippen molar-refractivity contribution in [3.63, 3.8) is 0 Å². The van der Waals surface area contributed by atoms with E-state index in [9.17, 15) is 0 Å². The molecule has 3 aromatic heterocycles. The average Bonchev–Trinajstić information content (AvgIpc) is 3.43. The maximum Gasteiger partial charge on any atom is 0.140 e. The van der Waals surface area contributed by atoms with Crippen molar-refractivity contribution >= 4 is 48.8 Å². The minimum atomic E-state index is 0.957. The summed E-state index contributed by atoms with van der Waals surface area (Å²) < 4.78 is 5.58. The number of imidazole rings is 1. The zero-order chi connectivity index (χ0) is 24.2. The Balaban J connectivity index is 1.51. The minimum Gasteiger partial charge on any atom is -0.327 e. The molecule has 0 aliphatic rings. The molecule has 0 atom stereocenters. The molecule has 0 radical (unpaired) electrons. The molecule has 7 rings (SSSR count). The number of benzene rings is 4.